The smallest absolute Gasteiger partial charge is 0.338 e. The number of carbonyl (C=O) groups excluding carboxylic acids is 3. The van der Waals surface area contributed by atoms with Crippen LogP contribution in [0.5, 0.6) is 11.5 Å². The lowest BCUT2D eigenvalue weighted by molar-refractivity contribution is 0.0555. The summed E-state index contributed by atoms with van der Waals surface area (Å²) in [6.07, 6.45) is 5.24. The summed E-state index contributed by atoms with van der Waals surface area (Å²) in [5, 5.41) is 0.0478. The Labute approximate surface area is 218 Å². The molecule has 0 spiro atoms. The highest BCUT2D eigenvalue weighted by molar-refractivity contribution is 6.32. The van der Waals surface area contributed by atoms with E-state index >= 15 is 0 Å². The first kappa shape index (κ1) is 24.6. The van der Waals surface area contributed by atoms with Gasteiger partial charge in [0.25, 0.3) is 5.91 Å². The molecule has 1 amide bonds. The third-order valence-corrected chi connectivity index (χ3v) is 6.69. The van der Waals surface area contributed by atoms with Crippen LogP contribution in [-0.2, 0) is 9.47 Å². The standard InChI is InChI=1S/C27H24ClN3O6/c1-35-26(33)17-13-20(28)24(14-18(17)27(34)36-2)37-23-9-10-29-15-19(23)25(32)31-12-11-30(16-7-8-16)21-5-3-4-6-22(21)31/h3-6,9-10,13-16H,7-8,11-12H2,1-2H3. The summed E-state index contributed by atoms with van der Waals surface area (Å²) in [4.78, 5) is 46.5. The topological polar surface area (TPSA) is 98.3 Å². The van der Waals surface area contributed by atoms with Crippen molar-refractivity contribution in [1.82, 2.24) is 4.98 Å². The average molecular weight is 522 g/mol. The van der Waals surface area contributed by atoms with Crippen LogP contribution < -0.4 is 14.5 Å². The number of hydrogen-bond acceptors (Lipinski definition) is 8. The molecule has 0 unspecified atom stereocenters. The van der Waals surface area contributed by atoms with Gasteiger partial charge in [-0.05, 0) is 43.2 Å². The minimum absolute atomic E-state index is 0.0478. The summed E-state index contributed by atoms with van der Waals surface area (Å²) in [7, 11) is 2.39. The number of amides is 1. The van der Waals surface area contributed by atoms with Crippen LogP contribution in [0, 0.1) is 0 Å². The molecule has 1 saturated carbocycles. The molecule has 5 rings (SSSR count). The molecule has 1 fully saturated rings. The normalized spacial score (nSPS) is 14.6. The van der Waals surface area contributed by atoms with E-state index < -0.39 is 11.9 Å². The molecule has 0 radical (unpaired) electrons. The van der Waals surface area contributed by atoms with E-state index in [0.717, 1.165) is 30.8 Å². The number of esters is 2. The molecule has 0 atom stereocenters. The Morgan fingerprint density at radius 2 is 1.57 bits per heavy atom. The van der Waals surface area contributed by atoms with Crippen LogP contribution in [-0.4, -0.2) is 56.2 Å². The first-order chi connectivity index (χ1) is 17.9. The highest BCUT2D eigenvalue weighted by atomic mass is 35.5. The van der Waals surface area contributed by atoms with Gasteiger partial charge in [-0.1, -0.05) is 23.7 Å². The maximum absolute atomic E-state index is 13.8. The van der Waals surface area contributed by atoms with Gasteiger partial charge in [0.15, 0.2) is 0 Å². The molecule has 1 aliphatic heterocycles. The van der Waals surface area contributed by atoms with E-state index in [1.54, 1.807) is 11.0 Å². The predicted octanol–water partition coefficient (Wildman–Crippen LogP) is 4.73. The zero-order valence-electron chi connectivity index (χ0n) is 20.3. The van der Waals surface area contributed by atoms with Gasteiger partial charge >= 0.3 is 11.9 Å². The van der Waals surface area contributed by atoms with Gasteiger partial charge in [0, 0.05) is 31.5 Å². The Morgan fingerprint density at radius 1 is 0.892 bits per heavy atom. The van der Waals surface area contributed by atoms with E-state index in [1.165, 1.54) is 38.7 Å². The lowest BCUT2D eigenvalue weighted by Gasteiger charge is -2.38. The minimum Gasteiger partial charge on any atom is -0.465 e. The van der Waals surface area contributed by atoms with Crippen molar-refractivity contribution in [3.8, 4) is 11.5 Å². The molecule has 2 aromatic carbocycles. The Hall–Kier alpha value is -4.11. The highest BCUT2D eigenvalue weighted by Crippen LogP contribution is 2.41. The molecule has 37 heavy (non-hydrogen) atoms. The molecule has 1 aromatic heterocycles. The van der Waals surface area contributed by atoms with Crippen LogP contribution in [0.3, 0.4) is 0 Å². The van der Waals surface area contributed by atoms with Gasteiger partial charge in [-0.25, -0.2) is 9.59 Å². The number of aromatic nitrogens is 1. The van der Waals surface area contributed by atoms with Crippen molar-refractivity contribution in [1.29, 1.82) is 0 Å². The van der Waals surface area contributed by atoms with Crippen molar-refractivity contribution in [2.45, 2.75) is 18.9 Å². The number of benzene rings is 2. The maximum Gasteiger partial charge on any atom is 0.338 e. The number of rotatable bonds is 6. The third-order valence-electron chi connectivity index (χ3n) is 6.39. The molecule has 3 aromatic rings. The van der Waals surface area contributed by atoms with Crippen molar-refractivity contribution >= 4 is 40.8 Å². The van der Waals surface area contributed by atoms with Crippen LogP contribution in [0.1, 0.15) is 43.9 Å². The second-order valence-corrected chi connectivity index (χ2v) is 9.06. The van der Waals surface area contributed by atoms with Crippen molar-refractivity contribution in [3.63, 3.8) is 0 Å². The minimum atomic E-state index is -0.766. The summed E-state index contributed by atoms with van der Waals surface area (Å²) in [6.45, 7) is 1.24. The van der Waals surface area contributed by atoms with Crippen LogP contribution >= 0.6 is 11.6 Å². The number of hydrogen-bond donors (Lipinski definition) is 0. The Kier molecular flexibility index (Phi) is 6.71. The summed E-state index contributed by atoms with van der Waals surface area (Å²) in [5.41, 5.74) is 1.93. The van der Waals surface area contributed by atoms with Gasteiger partial charge in [0.2, 0.25) is 0 Å². The first-order valence-corrected chi connectivity index (χ1v) is 12.1. The Morgan fingerprint density at radius 3 is 2.24 bits per heavy atom. The SMILES string of the molecule is COC(=O)c1cc(Cl)c(Oc2ccncc2C(=O)N2CCN(C3CC3)c3ccccc32)cc1C(=O)OC. The zero-order chi connectivity index (χ0) is 26.1. The second kappa shape index (κ2) is 10.1. The van der Waals surface area contributed by atoms with Crippen molar-refractivity contribution < 1.29 is 28.6 Å². The number of ether oxygens (including phenoxy) is 3. The van der Waals surface area contributed by atoms with Gasteiger partial charge < -0.3 is 24.0 Å². The number of fused-ring (bicyclic) bond motifs is 1. The monoisotopic (exact) mass is 521 g/mol. The predicted molar refractivity (Wildman–Crippen MR) is 137 cm³/mol. The Balaban J connectivity index is 1.49. The fourth-order valence-corrected chi connectivity index (χ4v) is 4.65. The van der Waals surface area contributed by atoms with Crippen LogP contribution in [0.25, 0.3) is 0 Å². The molecule has 0 saturated heterocycles. The maximum atomic E-state index is 13.8. The molecule has 2 aliphatic rings. The molecular formula is C27H24ClN3O6. The number of carbonyl (C=O) groups is 3. The summed E-state index contributed by atoms with van der Waals surface area (Å²) >= 11 is 6.40. The number of halogens is 1. The summed E-state index contributed by atoms with van der Waals surface area (Å²) in [6, 6.07) is 12.5. The molecule has 1 aliphatic carbocycles. The fraction of sp³-hybridized carbons (Fsp3) is 0.259. The van der Waals surface area contributed by atoms with Crippen LogP contribution in [0.4, 0.5) is 11.4 Å². The van der Waals surface area contributed by atoms with Crippen LogP contribution in [0.2, 0.25) is 5.02 Å². The van der Waals surface area contributed by atoms with Gasteiger partial charge in [0.05, 0.1) is 41.7 Å². The lowest BCUT2D eigenvalue weighted by Crippen LogP contribution is -2.45. The molecule has 2 heterocycles. The van der Waals surface area contributed by atoms with E-state index in [1.807, 2.05) is 24.3 Å². The van der Waals surface area contributed by atoms with E-state index in [0.29, 0.717) is 12.6 Å². The zero-order valence-corrected chi connectivity index (χ0v) is 21.0. The Bertz CT molecular complexity index is 1390. The molecular weight excluding hydrogens is 498 g/mol. The largest absolute Gasteiger partial charge is 0.465 e. The summed E-state index contributed by atoms with van der Waals surface area (Å²) in [5.74, 6) is -1.53. The number of para-hydroxylation sites is 2. The van der Waals surface area contributed by atoms with Gasteiger partial charge in [0.1, 0.15) is 17.1 Å². The average Bonchev–Trinajstić information content (AvgIpc) is 3.78. The van der Waals surface area contributed by atoms with Crippen LogP contribution in [0.15, 0.2) is 54.9 Å². The quantitative estimate of drug-likeness (QED) is 0.429. The van der Waals surface area contributed by atoms with Gasteiger partial charge in [-0.2, -0.15) is 0 Å². The molecule has 0 N–H and O–H groups in total. The number of pyridine rings is 1. The number of anilines is 2. The molecule has 9 nitrogen and oxygen atoms in total. The molecule has 10 heteroatoms. The van der Waals surface area contributed by atoms with Gasteiger partial charge in [-0.3, -0.25) is 9.78 Å². The van der Waals surface area contributed by atoms with Crippen molar-refractivity contribution in [2.24, 2.45) is 0 Å². The highest BCUT2D eigenvalue weighted by Gasteiger charge is 2.36. The van der Waals surface area contributed by atoms with Gasteiger partial charge in [-0.15, -0.1) is 0 Å². The number of nitrogens with zero attached hydrogens (tertiary/aromatic N) is 3. The fourth-order valence-electron chi connectivity index (χ4n) is 4.44. The second-order valence-electron chi connectivity index (χ2n) is 8.66. The first-order valence-electron chi connectivity index (χ1n) is 11.7. The molecule has 0 bridgehead atoms. The molecule has 190 valence electrons. The third kappa shape index (κ3) is 4.70. The lowest BCUT2D eigenvalue weighted by atomic mass is 10.1. The van der Waals surface area contributed by atoms with Crippen molar-refractivity contribution in [2.75, 3.05) is 37.1 Å². The van der Waals surface area contributed by atoms with Crippen molar-refractivity contribution in [3.05, 3.63) is 76.6 Å². The number of methoxy groups -OCH3 is 2. The van der Waals surface area contributed by atoms with E-state index in [-0.39, 0.29) is 39.1 Å². The van der Waals surface area contributed by atoms with E-state index in [4.69, 9.17) is 25.8 Å². The summed E-state index contributed by atoms with van der Waals surface area (Å²) < 4.78 is 15.6. The van der Waals surface area contributed by atoms with E-state index in [2.05, 4.69) is 9.88 Å². The van der Waals surface area contributed by atoms with E-state index in [9.17, 15) is 14.4 Å².